The van der Waals surface area contributed by atoms with E-state index < -0.39 is 14.5 Å². The van der Waals surface area contributed by atoms with Gasteiger partial charge in [0.15, 0.2) is 0 Å². The van der Waals surface area contributed by atoms with Gasteiger partial charge in [-0.3, -0.25) is 0 Å². The van der Waals surface area contributed by atoms with Crippen LogP contribution in [0.4, 0.5) is 0 Å². The minimum atomic E-state index is -2.50. The average molecular weight is 336 g/mol. The Balaban J connectivity index is 2.52. The van der Waals surface area contributed by atoms with Gasteiger partial charge in [-0.2, -0.15) is 0 Å². The van der Waals surface area contributed by atoms with Gasteiger partial charge in [-0.05, 0) is 44.4 Å². The zero-order chi connectivity index (χ0) is 16.6. The van der Waals surface area contributed by atoms with Gasteiger partial charge in [0.05, 0.1) is 0 Å². The van der Waals surface area contributed by atoms with Crippen molar-refractivity contribution < 1.29 is 23.1 Å². The molecule has 0 aromatic carbocycles. The van der Waals surface area contributed by atoms with Crippen LogP contribution in [0.3, 0.4) is 0 Å². The van der Waals surface area contributed by atoms with E-state index >= 15 is 0 Å². The molecule has 0 spiro atoms. The summed E-state index contributed by atoms with van der Waals surface area (Å²) in [5.41, 5.74) is 5.04. The first-order valence-electron chi connectivity index (χ1n) is 8.08. The molecular formula is C15H33NO5Si. The predicted octanol–water partition coefficient (Wildman–Crippen LogP) is 1.74. The van der Waals surface area contributed by atoms with Crippen LogP contribution in [0.15, 0.2) is 0 Å². The molecule has 3 N–H and O–H groups in total. The first-order valence-corrected chi connectivity index (χ1v) is 10.0. The number of aliphatic hydroxyl groups is 1. The lowest BCUT2D eigenvalue weighted by molar-refractivity contribution is -0.0627. The Hall–Kier alpha value is -0.0231. The number of nitrogens with two attached hydrogens (primary N) is 1. The maximum atomic E-state index is 10.4. The summed E-state index contributed by atoms with van der Waals surface area (Å²) >= 11 is 0. The fraction of sp³-hybridized carbons (Fsp3) is 1.00. The summed E-state index contributed by atoms with van der Waals surface area (Å²) in [7, 11) is 4.13. The third kappa shape index (κ3) is 5.56. The standard InChI is InChI=1S/C15H33NO5Si/c1-18-10-5-6-14-12-13(7-9-15(14,16)17)8-11-22(19-2,20-3)21-4/h13-14,17H,5-12,16H2,1-4H3. The fourth-order valence-corrected chi connectivity index (χ4v) is 5.28. The first-order chi connectivity index (χ1) is 10.4. The molecule has 0 amide bonds. The fourth-order valence-electron chi connectivity index (χ4n) is 3.40. The molecule has 3 unspecified atom stereocenters. The van der Waals surface area contributed by atoms with Gasteiger partial charge in [0.1, 0.15) is 5.72 Å². The molecule has 3 atom stereocenters. The molecule has 0 bridgehead atoms. The minimum absolute atomic E-state index is 0.130. The van der Waals surface area contributed by atoms with Gasteiger partial charge in [-0.15, -0.1) is 0 Å². The molecule has 0 aromatic heterocycles. The SMILES string of the molecule is COCCCC1CC(CC[Si](OC)(OC)OC)CCC1(N)O. The third-order valence-electron chi connectivity index (χ3n) is 4.97. The summed E-state index contributed by atoms with van der Waals surface area (Å²) < 4.78 is 21.5. The van der Waals surface area contributed by atoms with Crippen LogP contribution in [0.25, 0.3) is 0 Å². The molecule has 22 heavy (non-hydrogen) atoms. The summed E-state index contributed by atoms with van der Waals surface area (Å²) in [5, 5.41) is 10.4. The van der Waals surface area contributed by atoms with Gasteiger partial charge in [0, 0.05) is 47.0 Å². The second-order valence-electron chi connectivity index (χ2n) is 6.30. The molecule has 7 heteroatoms. The highest BCUT2D eigenvalue weighted by Gasteiger charge is 2.42. The largest absolute Gasteiger partial charge is 0.500 e. The van der Waals surface area contributed by atoms with Crippen molar-refractivity contribution in [1.29, 1.82) is 0 Å². The number of hydrogen-bond donors (Lipinski definition) is 2. The van der Waals surface area contributed by atoms with E-state index in [9.17, 15) is 5.11 Å². The van der Waals surface area contributed by atoms with Crippen molar-refractivity contribution >= 4 is 8.80 Å². The van der Waals surface area contributed by atoms with Crippen molar-refractivity contribution in [3.63, 3.8) is 0 Å². The van der Waals surface area contributed by atoms with Crippen molar-refractivity contribution in [2.45, 2.75) is 50.3 Å². The average Bonchev–Trinajstić information content (AvgIpc) is 2.52. The predicted molar refractivity (Wildman–Crippen MR) is 87.3 cm³/mol. The van der Waals surface area contributed by atoms with Crippen molar-refractivity contribution in [3.05, 3.63) is 0 Å². The molecule has 0 saturated heterocycles. The highest BCUT2D eigenvalue weighted by molar-refractivity contribution is 6.60. The smallest absolute Gasteiger partial charge is 0.385 e. The van der Waals surface area contributed by atoms with Crippen LogP contribution in [0.1, 0.15) is 38.5 Å². The Labute approximate surface area is 135 Å². The maximum absolute atomic E-state index is 10.4. The second-order valence-corrected chi connectivity index (χ2v) is 9.39. The van der Waals surface area contributed by atoms with Crippen LogP contribution >= 0.6 is 0 Å². The van der Waals surface area contributed by atoms with Gasteiger partial charge in [0.2, 0.25) is 0 Å². The van der Waals surface area contributed by atoms with E-state index in [0.717, 1.165) is 38.1 Å². The number of rotatable bonds is 10. The van der Waals surface area contributed by atoms with Crippen LogP contribution in [0.5, 0.6) is 0 Å². The van der Waals surface area contributed by atoms with Crippen molar-refractivity contribution in [3.8, 4) is 0 Å². The number of hydrogen-bond acceptors (Lipinski definition) is 6. The highest BCUT2D eigenvalue weighted by atomic mass is 28.4. The normalized spacial score (nSPS) is 29.7. The molecule has 132 valence electrons. The van der Waals surface area contributed by atoms with Gasteiger partial charge >= 0.3 is 8.80 Å². The second kappa shape index (κ2) is 9.32. The Morgan fingerprint density at radius 2 is 1.77 bits per heavy atom. The molecule has 1 rings (SSSR count). The van der Waals surface area contributed by atoms with Crippen LogP contribution in [-0.2, 0) is 18.0 Å². The Morgan fingerprint density at radius 3 is 2.32 bits per heavy atom. The number of methoxy groups -OCH3 is 1. The van der Waals surface area contributed by atoms with E-state index in [2.05, 4.69) is 0 Å². The van der Waals surface area contributed by atoms with Crippen LogP contribution in [0.2, 0.25) is 6.04 Å². The molecule has 1 aliphatic carbocycles. The molecule has 1 saturated carbocycles. The summed E-state index contributed by atoms with van der Waals surface area (Å²) in [6.07, 6.45) is 5.35. The van der Waals surface area contributed by atoms with E-state index in [1.807, 2.05) is 0 Å². The molecule has 0 aliphatic heterocycles. The maximum Gasteiger partial charge on any atom is 0.500 e. The zero-order valence-electron chi connectivity index (χ0n) is 14.5. The Bertz CT molecular complexity index is 304. The van der Waals surface area contributed by atoms with E-state index in [1.54, 1.807) is 28.4 Å². The van der Waals surface area contributed by atoms with Crippen molar-refractivity contribution in [1.82, 2.24) is 0 Å². The lowest BCUT2D eigenvalue weighted by Crippen LogP contribution is -2.51. The van der Waals surface area contributed by atoms with E-state index in [0.29, 0.717) is 18.9 Å². The molecule has 0 aromatic rings. The molecule has 0 radical (unpaired) electrons. The highest BCUT2D eigenvalue weighted by Crippen LogP contribution is 2.39. The molecule has 1 fully saturated rings. The van der Waals surface area contributed by atoms with Crippen LogP contribution in [-0.4, -0.2) is 54.7 Å². The van der Waals surface area contributed by atoms with Crippen LogP contribution in [0, 0.1) is 11.8 Å². The third-order valence-corrected chi connectivity index (χ3v) is 7.74. The van der Waals surface area contributed by atoms with Gasteiger partial charge in [-0.25, -0.2) is 0 Å². The molecular weight excluding hydrogens is 302 g/mol. The topological polar surface area (TPSA) is 83.2 Å². The zero-order valence-corrected chi connectivity index (χ0v) is 15.5. The summed E-state index contributed by atoms with van der Waals surface area (Å²) in [6.45, 7) is 0.713. The van der Waals surface area contributed by atoms with Gasteiger partial charge < -0.3 is 28.9 Å². The molecule has 1 aliphatic rings. The number of ether oxygens (including phenoxy) is 1. The lowest BCUT2D eigenvalue weighted by atomic mass is 9.73. The minimum Gasteiger partial charge on any atom is -0.385 e. The summed E-state index contributed by atoms with van der Waals surface area (Å²) in [6, 6.07) is 0.801. The van der Waals surface area contributed by atoms with E-state index in [4.69, 9.17) is 23.7 Å². The molecule has 6 nitrogen and oxygen atoms in total. The molecule has 0 heterocycles. The Morgan fingerprint density at radius 1 is 1.14 bits per heavy atom. The van der Waals surface area contributed by atoms with E-state index in [-0.39, 0.29) is 5.92 Å². The monoisotopic (exact) mass is 335 g/mol. The van der Waals surface area contributed by atoms with Crippen LogP contribution < -0.4 is 5.73 Å². The van der Waals surface area contributed by atoms with E-state index in [1.165, 1.54) is 0 Å². The first kappa shape index (κ1) is 20.0. The summed E-state index contributed by atoms with van der Waals surface area (Å²) in [5.74, 6) is 0.661. The Kier molecular flexibility index (Phi) is 8.48. The quantitative estimate of drug-likeness (QED) is 0.359. The van der Waals surface area contributed by atoms with Crippen molar-refractivity contribution in [2.75, 3.05) is 35.0 Å². The summed E-state index contributed by atoms with van der Waals surface area (Å²) in [4.78, 5) is 0. The van der Waals surface area contributed by atoms with Gasteiger partial charge in [0.25, 0.3) is 0 Å². The lowest BCUT2D eigenvalue weighted by Gasteiger charge is -2.41. The van der Waals surface area contributed by atoms with Gasteiger partial charge in [-0.1, -0.05) is 0 Å². The van der Waals surface area contributed by atoms with Crippen molar-refractivity contribution in [2.24, 2.45) is 17.6 Å².